The zero-order valence-electron chi connectivity index (χ0n) is 11.0. The molecule has 98 valence electrons. The second kappa shape index (κ2) is 5.38. The van der Waals surface area contributed by atoms with Gasteiger partial charge in [-0.15, -0.1) is 0 Å². The fourth-order valence-corrected chi connectivity index (χ4v) is 3.40. The first-order valence-electron chi connectivity index (χ1n) is 7.18. The van der Waals surface area contributed by atoms with Crippen LogP contribution in [-0.4, -0.2) is 18.5 Å². The van der Waals surface area contributed by atoms with Crippen LogP contribution in [0.3, 0.4) is 0 Å². The lowest BCUT2D eigenvalue weighted by molar-refractivity contribution is -0.125. The Morgan fingerprint density at radius 3 is 2.65 bits per heavy atom. The molecule has 0 saturated heterocycles. The topological polar surface area (TPSA) is 55.1 Å². The highest BCUT2D eigenvalue weighted by molar-refractivity contribution is 5.79. The maximum Gasteiger partial charge on any atom is 0.223 e. The van der Waals surface area contributed by atoms with Gasteiger partial charge in [0, 0.05) is 18.5 Å². The molecule has 2 atom stereocenters. The molecule has 0 aromatic carbocycles. The molecule has 0 aliphatic heterocycles. The summed E-state index contributed by atoms with van der Waals surface area (Å²) in [6, 6.07) is 0.249. The maximum absolute atomic E-state index is 12.0. The average Bonchev–Trinajstić information content (AvgIpc) is 2.68. The van der Waals surface area contributed by atoms with Gasteiger partial charge in [0.25, 0.3) is 0 Å². The van der Waals surface area contributed by atoms with E-state index in [0.717, 1.165) is 25.8 Å². The van der Waals surface area contributed by atoms with Gasteiger partial charge in [0.15, 0.2) is 0 Å². The minimum absolute atomic E-state index is 0.184. The monoisotopic (exact) mass is 238 g/mol. The number of hydrogen-bond acceptors (Lipinski definition) is 2. The van der Waals surface area contributed by atoms with E-state index in [-0.39, 0.29) is 17.9 Å². The lowest BCUT2D eigenvalue weighted by Crippen LogP contribution is -2.43. The molecule has 3 heteroatoms. The zero-order valence-corrected chi connectivity index (χ0v) is 11.0. The smallest absolute Gasteiger partial charge is 0.223 e. The molecule has 2 saturated carbocycles. The second-order valence-electron chi connectivity index (χ2n) is 6.09. The summed E-state index contributed by atoms with van der Waals surface area (Å²) in [7, 11) is 0. The molecule has 3 N–H and O–H groups in total. The normalized spacial score (nSPS) is 30.9. The fraction of sp³-hybridized carbons (Fsp3) is 0.929. The van der Waals surface area contributed by atoms with Crippen LogP contribution in [0.4, 0.5) is 0 Å². The number of nitrogens with one attached hydrogen (secondary N) is 1. The van der Waals surface area contributed by atoms with E-state index >= 15 is 0 Å². The third kappa shape index (κ3) is 3.01. The Morgan fingerprint density at radius 2 is 2.18 bits per heavy atom. The number of nitrogens with two attached hydrogens (primary N) is 1. The van der Waals surface area contributed by atoms with Gasteiger partial charge in [0.2, 0.25) is 5.91 Å². The molecule has 2 aliphatic rings. The third-order valence-electron chi connectivity index (χ3n) is 4.68. The van der Waals surface area contributed by atoms with Crippen LogP contribution in [0.5, 0.6) is 0 Å². The standard InChI is InChI=1S/C14H26N2O/c1-2-6-14(7-3-8-14)10-16-13(17)11-4-5-12(15)9-11/h11-12H,2-10,15H2,1H3,(H,16,17). The van der Waals surface area contributed by atoms with Crippen molar-refractivity contribution in [3.8, 4) is 0 Å². The molecule has 17 heavy (non-hydrogen) atoms. The number of rotatable bonds is 5. The lowest BCUT2D eigenvalue weighted by Gasteiger charge is -2.42. The highest BCUT2D eigenvalue weighted by Crippen LogP contribution is 2.44. The van der Waals surface area contributed by atoms with Gasteiger partial charge in [-0.3, -0.25) is 4.79 Å². The second-order valence-corrected chi connectivity index (χ2v) is 6.09. The molecule has 0 heterocycles. The first kappa shape index (κ1) is 12.9. The van der Waals surface area contributed by atoms with Crippen molar-refractivity contribution in [2.45, 2.75) is 64.3 Å². The van der Waals surface area contributed by atoms with E-state index in [1.807, 2.05) is 0 Å². The molecule has 0 radical (unpaired) electrons. The molecule has 2 fully saturated rings. The predicted octanol–water partition coefficient (Wildman–Crippen LogP) is 2.20. The quantitative estimate of drug-likeness (QED) is 0.771. The summed E-state index contributed by atoms with van der Waals surface area (Å²) >= 11 is 0. The van der Waals surface area contributed by atoms with Crippen molar-refractivity contribution >= 4 is 5.91 Å². The van der Waals surface area contributed by atoms with E-state index in [1.165, 1.54) is 32.1 Å². The first-order valence-corrected chi connectivity index (χ1v) is 7.18. The van der Waals surface area contributed by atoms with E-state index in [4.69, 9.17) is 5.73 Å². The molecule has 0 aromatic heterocycles. The van der Waals surface area contributed by atoms with Crippen LogP contribution in [0.1, 0.15) is 58.3 Å². The van der Waals surface area contributed by atoms with E-state index in [2.05, 4.69) is 12.2 Å². The van der Waals surface area contributed by atoms with Crippen LogP contribution >= 0.6 is 0 Å². The van der Waals surface area contributed by atoms with Crippen molar-refractivity contribution in [1.29, 1.82) is 0 Å². The SMILES string of the molecule is CCCC1(CNC(=O)C2CCC(N)C2)CCC1. The van der Waals surface area contributed by atoms with E-state index < -0.39 is 0 Å². The first-order chi connectivity index (χ1) is 8.15. The Kier molecular flexibility index (Phi) is 4.08. The van der Waals surface area contributed by atoms with Crippen LogP contribution in [0.15, 0.2) is 0 Å². The third-order valence-corrected chi connectivity index (χ3v) is 4.68. The lowest BCUT2D eigenvalue weighted by atomic mass is 9.66. The van der Waals surface area contributed by atoms with Crippen molar-refractivity contribution in [3.63, 3.8) is 0 Å². The summed E-state index contributed by atoms with van der Waals surface area (Å²) in [6.07, 6.45) is 9.29. The van der Waals surface area contributed by atoms with E-state index in [9.17, 15) is 4.79 Å². The van der Waals surface area contributed by atoms with Crippen molar-refractivity contribution in [1.82, 2.24) is 5.32 Å². The van der Waals surface area contributed by atoms with E-state index in [0.29, 0.717) is 5.41 Å². The Hall–Kier alpha value is -0.570. The summed E-state index contributed by atoms with van der Waals surface area (Å²) in [4.78, 5) is 12.0. The molecule has 2 aliphatic carbocycles. The summed E-state index contributed by atoms with van der Waals surface area (Å²) in [5, 5.41) is 3.18. The molecular weight excluding hydrogens is 212 g/mol. The van der Waals surface area contributed by atoms with Crippen LogP contribution in [-0.2, 0) is 4.79 Å². The highest BCUT2D eigenvalue weighted by atomic mass is 16.1. The molecule has 1 amide bonds. The fourth-order valence-electron chi connectivity index (χ4n) is 3.40. The van der Waals surface area contributed by atoms with Crippen LogP contribution in [0, 0.1) is 11.3 Å². The van der Waals surface area contributed by atoms with Gasteiger partial charge in [0.05, 0.1) is 0 Å². The summed E-state index contributed by atoms with van der Waals surface area (Å²) in [5.41, 5.74) is 6.29. The van der Waals surface area contributed by atoms with E-state index in [1.54, 1.807) is 0 Å². The van der Waals surface area contributed by atoms with Crippen LogP contribution < -0.4 is 11.1 Å². The molecular formula is C14H26N2O. The molecule has 2 rings (SSSR count). The summed E-state index contributed by atoms with van der Waals surface area (Å²) < 4.78 is 0. The summed E-state index contributed by atoms with van der Waals surface area (Å²) in [6.45, 7) is 3.13. The Bertz CT molecular complexity index is 273. The van der Waals surface area contributed by atoms with Gasteiger partial charge in [-0.2, -0.15) is 0 Å². The van der Waals surface area contributed by atoms with Gasteiger partial charge in [0.1, 0.15) is 0 Å². The number of carbonyl (C=O) groups is 1. The minimum atomic E-state index is 0.184. The summed E-state index contributed by atoms with van der Waals surface area (Å²) in [5.74, 6) is 0.434. The van der Waals surface area contributed by atoms with Crippen molar-refractivity contribution < 1.29 is 4.79 Å². The molecule has 2 unspecified atom stereocenters. The minimum Gasteiger partial charge on any atom is -0.355 e. The molecule has 0 aromatic rings. The Labute approximate surface area is 105 Å². The molecule has 0 bridgehead atoms. The van der Waals surface area contributed by atoms with Gasteiger partial charge < -0.3 is 11.1 Å². The van der Waals surface area contributed by atoms with Crippen molar-refractivity contribution in [3.05, 3.63) is 0 Å². The predicted molar refractivity (Wildman–Crippen MR) is 69.5 cm³/mol. The van der Waals surface area contributed by atoms with Gasteiger partial charge in [-0.1, -0.05) is 19.8 Å². The Balaban J connectivity index is 1.75. The number of carbonyl (C=O) groups excluding carboxylic acids is 1. The molecule has 3 nitrogen and oxygen atoms in total. The maximum atomic E-state index is 12.0. The highest BCUT2D eigenvalue weighted by Gasteiger charge is 2.37. The van der Waals surface area contributed by atoms with Crippen LogP contribution in [0.25, 0.3) is 0 Å². The number of amides is 1. The number of hydrogen-bond donors (Lipinski definition) is 2. The zero-order chi connectivity index (χ0) is 12.3. The Morgan fingerprint density at radius 1 is 1.41 bits per heavy atom. The average molecular weight is 238 g/mol. The van der Waals surface area contributed by atoms with Crippen molar-refractivity contribution in [2.24, 2.45) is 17.1 Å². The van der Waals surface area contributed by atoms with Crippen LogP contribution in [0.2, 0.25) is 0 Å². The van der Waals surface area contributed by atoms with Gasteiger partial charge in [-0.05, 0) is 43.9 Å². The van der Waals surface area contributed by atoms with Gasteiger partial charge >= 0.3 is 0 Å². The largest absolute Gasteiger partial charge is 0.355 e. The van der Waals surface area contributed by atoms with Crippen molar-refractivity contribution in [2.75, 3.05) is 6.54 Å². The molecule has 0 spiro atoms. The van der Waals surface area contributed by atoms with Gasteiger partial charge in [-0.25, -0.2) is 0 Å².